The van der Waals surface area contributed by atoms with Gasteiger partial charge in [-0.2, -0.15) is 0 Å². The number of amides is 1. The third-order valence-corrected chi connectivity index (χ3v) is 2.93. The minimum Gasteiger partial charge on any atom is -0.389 e. The molecule has 0 bridgehead atoms. The lowest BCUT2D eigenvalue weighted by Crippen LogP contribution is -2.31. The van der Waals surface area contributed by atoms with Crippen molar-refractivity contribution in [1.29, 1.82) is 0 Å². The Bertz CT molecular complexity index is 399. The Morgan fingerprint density at radius 2 is 2.13 bits per heavy atom. The van der Waals surface area contributed by atoms with Crippen LogP contribution >= 0.6 is 0 Å². The highest BCUT2D eigenvalue weighted by molar-refractivity contribution is 5.95. The molecular weight excluding hydrogens is 190 g/mol. The Balaban J connectivity index is 2.42. The summed E-state index contributed by atoms with van der Waals surface area (Å²) in [4.78, 5) is 13.1. The molecule has 3 nitrogen and oxygen atoms in total. The molecule has 0 saturated carbocycles. The van der Waals surface area contributed by atoms with Gasteiger partial charge >= 0.3 is 0 Å². The highest BCUT2D eigenvalue weighted by Crippen LogP contribution is 2.29. The molecule has 0 spiro atoms. The third kappa shape index (κ3) is 1.75. The van der Waals surface area contributed by atoms with Crippen LogP contribution in [0.1, 0.15) is 30.6 Å². The number of hydrogen-bond acceptors (Lipinski definition) is 2. The van der Waals surface area contributed by atoms with Crippen LogP contribution in [0.25, 0.3) is 0 Å². The molecule has 80 valence electrons. The zero-order chi connectivity index (χ0) is 11.0. The lowest BCUT2D eigenvalue weighted by atomic mass is 9.97. The molecule has 1 atom stereocenters. The number of nitrogens with zero attached hydrogens (tertiary/aromatic N) is 1. The first kappa shape index (κ1) is 10.2. The summed E-state index contributed by atoms with van der Waals surface area (Å²) >= 11 is 0. The van der Waals surface area contributed by atoms with E-state index in [-0.39, 0.29) is 5.91 Å². The Labute approximate surface area is 89.3 Å². The van der Waals surface area contributed by atoms with Gasteiger partial charge in [0.25, 0.3) is 0 Å². The summed E-state index contributed by atoms with van der Waals surface area (Å²) in [6.45, 7) is 1.75. The molecule has 1 heterocycles. The van der Waals surface area contributed by atoms with Crippen LogP contribution in [0.3, 0.4) is 0 Å². The molecular formula is C12H15NO2. The van der Waals surface area contributed by atoms with E-state index in [2.05, 4.69) is 0 Å². The van der Waals surface area contributed by atoms with E-state index in [0.717, 1.165) is 23.2 Å². The van der Waals surface area contributed by atoms with Gasteiger partial charge in [-0.1, -0.05) is 12.1 Å². The van der Waals surface area contributed by atoms with E-state index in [4.69, 9.17) is 0 Å². The number of benzene rings is 1. The summed E-state index contributed by atoms with van der Waals surface area (Å²) in [6, 6.07) is 5.77. The molecule has 1 aromatic rings. The number of carbonyl (C=O) groups excluding carboxylic acids is 1. The first-order valence-corrected chi connectivity index (χ1v) is 5.17. The predicted molar refractivity (Wildman–Crippen MR) is 58.8 cm³/mol. The van der Waals surface area contributed by atoms with Crippen molar-refractivity contribution in [2.45, 2.75) is 25.9 Å². The third-order valence-electron chi connectivity index (χ3n) is 2.93. The van der Waals surface area contributed by atoms with Gasteiger partial charge in [0.2, 0.25) is 5.91 Å². The fraction of sp³-hybridized carbons (Fsp3) is 0.417. The van der Waals surface area contributed by atoms with Crippen molar-refractivity contribution in [3.8, 4) is 0 Å². The van der Waals surface area contributed by atoms with E-state index in [9.17, 15) is 9.90 Å². The maximum Gasteiger partial charge on any atom is 0.227 e. The zero-order valence-corrected chi connectivity index (χ0v) is 9.03. The molecule has 1 unspecified atom stereocenters. The SMILES string of the molecule is CC(O)c1ccc2c(c1)CCC(=O)N2C. The largest absolute Gasteiger partial charge is 0.389 e. The van der Waals surface area contributed by atoms with Crippen molar-refractivity contribution in [3.63, 3.8) is 0 Å². The molecule has 15 heavy (non-hydrogen) atoms. The second-order valence-corrected chi connectivity index (χ2v) is 4.02. The highest BCUT2D eigenvalue weighted by atomic mass is 16.3. The summed E-state index contributed by atoms with van der Waals surface area (Å²) in [5.41, 5.74) is 3.03. The summed E-state index contributed by atoms with van der Waals surface area (Å²) in [5.74, 6) is 0.160. The van der Waals surface area contributed by atoms with Crippen LogP contribution in [0.5, 0.6) is 0 Å². The van der Waals surface area contributed by atoms with Crippen LogP contribution < -0.4 is 4.90 Å². The highest BCUT2D eigenvalue weighted by Gasteiger charge is 2.21. The van der Waals surface area contributed by atoms with Crippen LogP contribution in [-0.4, -0.2) is 18.1 Å². The van der Waals surface area contributed by atoms with E-state index >= 15 is 0 Å². The number of fused-ring (bicyclic) bond motifs is 1. The molecule has 3 heteroatoms. The van der Waals surface area contributed by atoms with Gasteiger partial charge in [-0.3, -0.25) is 4.79 Å². The molecule has 1 N–H and O–H groups in total. The molecule has 0 fully saturated rings. The molecule has 1 aliphatic heterocycles. The van der Waals surface area contributed by atoms with E-state index in [1.54, 1.807) is 18.9 Å². The fourth-order valence-electron chi connectivity index (χ4n) is 1.94. The summed E-state index contributed by atoms with van der Waals surface area (Å²) in [7, 11) is 1.79. The van der Waals surface area contributed by atoms with Gasteiger partial charge in [0, 0.05) is 19.2 Å². The average Bonchev–Trinajstić information content (AvgIpc) is 2.23. The second kappa shape index (κ2) is 3.66. The summed E-state index contributed by atoms with van der Waals surface area (Å²) < 4.78 is 0. The second-order valence-electron chi connectivity index (χ2n) is 4.02. The van der Waals surface area contributed by atoms with Crippen molar-refractivity contribution in [1.82, 2.24) is 0 Å². The van der Waals surface area contributed by atoms with E-state index < -0.39 is 6.10 Å². The Kier molecular flexibility index (Phi) is 2.49. The topological polar surface area (TPSA) is 40.5 Å². The number of rotatable bonds is 1. The van der Waals surface area contributed by atoms with Crippen LogP contribution in [0.15, 0.2) is 18.2 Å². The van der Waals surface area contributed by atoms with E-state index in [1.807, 2.05) is 18.2 Å². The Morgan fingerprint density at radius 3 is 2.80 bits per heavy atom. The number of aliphatic hydroxyl groups excluding tert-OH is 1. The van der Waals surface area contributed by atoms with Crippen molar-refractivity contribution < 1.29 is 9.90 Å². The van der Waals surface area contributed by atoms with E-state index in [1.165, 1.54) is 0 Å². The van der Waals surface area contributed by atoms with Gasteiger partial charge < -0.3 is 10.0 Å². The molecule has 0 aliphatic carbocycles. The number of aryl methyl sites for hydroxylation is 1. The molecule has 0 radical (unpaired) electrons. The van der Waals surface area contributed by atoms with Crippen LogP contribution in [0.2, 0.25) is 0 Å². The smallest absolute Gasteiger partial charge is 0.227 e. The van der Waals surface area contributed by atoms with E-state index in [0.29, 0.717) is 6.42 Å². The fourth-order valence-corrected chi connectivity index (χ4v) is 1.94. The Hall–Kier alpha value is -1.35. The first-order valence-electron chi connectivity index (χ1n) is 5.17. The Morgan fingerprint density at radius 1 is 1.40 bits per heavy atom. The maximum atomic E-state index is 11.5. The minimum absolute atomic E-state index is 0.160. The maximum absolute atomic E-state index is 11.5. The molecule has 1 aromatic carbocycles. The van der Waals surface area contributed by atoms with Gasteiger partial charge in [-0.15, -0.1) is 0 Å². The molecule has 2 rings (SSSR count). The normalized spacial score (nSPS) is 17.5. The number of carbonyl (C=O) groups is 1. The summed E-state index contributed by atoms with van der Waals surface area (Å²) in [6.07, 6.45) is 0.893. The monoisotopic (exact) mass is 205 g/mol. The quantitative estimate of drug-likeness (QED) is 0.757. The van der Waals surface area contributed by atoms with Gasteiger partial charge in [0.1, 0.15) is 0 Å². The van der Waals surface area contributed by atoms with Crippen molar-refractivity contribution >= 4 is 11.6 Å². The standard InChI is InChI=1S/C12H15NO2/c1-8(14)9-3-5-11-10(7-9)4-6-12(15)13(11)2/h3,5,7-8,14H,4,6H2,1-2H3. The van der Waals surface area contributed by atoms with Crippen molar-refractivity contribution in [2.24, 2.45) is 0 Å². The van der Waals surface area contributed by atoms with Crippen LogP contribution in [-0.2, 0) is 11.2 Å². The first-order chi connectivity index (χ1) is 7.09. The van der Waals surface area contributed by atoms with Gasteiger partial charge in [0.05, 0.1) is 6.10 Å². The van der Waals surface area contributed by atoms with Crippen molar-refractivity contribution in [2.75, 3.05) is 11.9 Å². The lowest BCUT2D eigenvalue weighted by Gasteiger charge is -2.26. The van der Waals surface area contributed by atoms with Gasteiger partial charge in [-0.25, -0.2) is 0 Å². The number of anilines is 1. The van der Waals surface area contributed by atoms with Crippen LogP contribution in [0.4, 0.5) is 5.69 Å². The van der Waals surface area contributed by atoms with Crippen molar-refractivity contribution in [3.05, 3.63) is 29.3 Å². The molecule has 0 aromatic heterocycles. The minimum atomic E-state index is -0.446. The zero-order valence-electron chi connectivity index (χ0n) is 9.03. The molecule has 0 saturated heterocycles. The van der Waals surface area contributed by atoms with Gasteiger partial charge in [0.15, 0.2) is 0 Å². The van der Waals surface area contributed by atoms with Crippen LogP contribution in [0, 0.1) is 0 Å². The predicted octanol–water partition coefficient (Wildman–Crippen LogP) is 1.65. The number of aliphatic hydroxyl groups is 1. The summed E-state index contributed by atoms with van der Waals surface area (Å²) in [5, 5.41) is 9.46. The van der Waals surface area contributed by atoms with Gasteiger partial charge in [-0.05, 0) is 30.5 Å². The average molecular weight is 205 g/mol. The molecule has 1 aliphatic rings. The lowest BCUT2D eigenvalue weighted by molar-refractivity contribution is -0.118. The number of hydrogen-bond donors (Lipinski definition) is 1. The molecule has 1 amide bonds.